The number of imidazole rings is 1. The lowest BCUT2D eigenvalue weighted by Crippen LogP contribution is -2.10. The van der Waals surface area contributed by atoms with Crippen LogP contribution in [0.15, 0.2) is 62.2 Å². The summed E-state index contributed by atoms with van der Waals surface area (Å²) >= 11 is 0. The Balaban J connectivity index is 1.62. The summed E-state index contributed by atoms with van der Waals surface area (Å²) in [5.74, 6) is 1.07. The number of nitrogens with one attached hydrogen (secondary N) is 1. The van der Waals surface area contributed by atoms with E-state index >= 15 is 0 Å². The number of aromatic nitrogens is 6. The van der Waals surface area contributed by atoms with E-state index in [-0.39, 0.29) is 12.5 Å². The van der Waals surface area contributed by atoms with Crippen molar-refractivity contribution in [3.63, 3.8) is 0 Å². The van der Waals surface area contributed by atoms with Gasteiger partial charge in [-0.3, -0.25) is 4.57 Å². The van der Waals surface area contributed by atoms with E-state index in [1.54, 1.807) is 6.92 Å². The van der Waals surface area contributed by atoms with Gasteiger partial charge in [0.2, 0.25) is 5.82 Å². The van der Waals surface area contributed by atoms with Crippen LogP contribution in [0.1, 0.15) is 54.9 Å². The van der Waals surface area contributed by atoms with Crippen molar-refractivity contribution in [3.05, 3.63) is 87.9 Å². The maximum absolute atomic E-state index is 11.7. The molecule has 0 saturated heterocycles. The second-order valence-corrected chi connectivity index (χ2v) is 8.53. The van der Waals surface area contributed by atoms with Crippen molar-refractivity contribution in [2.45, 2.75) is 46.1 Å². The zero-order valence-electron chi connectivity index (χ0n) is 20.2. The zero-order chi connectivity index (χ0) is 25.2. The van der Waals surface area contributed by atoms with Gasteiger partial charge in [-0.05, 0) is 48.7 Å². The van der Waals surface area contributed by atoms with Crippen LogP contribution in [0.3, 0.4) is 0 Å². The summed E-state index contributed by atoms with van der Waals surface area (Å²) in [4.78, 5) is 16.5. The fraction of sp³-hybridized carbons (Fsp3) is 0.269. The minimum Gasteiger partial charge on any atom is -0.396 e. The molecular formula is C26H26N6O4. The number of tetrazole rings is 1. The number of rotatable bonds is 8. The van der Waals surface area contributed by atoms with Crippen molar-refractivity contribution < 1.29 is 13.9 Å². The Bertz CT molecular complexity index is 1530. The molecule has 10 heteroatoms. The SMILES string of the molecule is CCCc1nc(CO)c(C(C)c2oc(=O)oc2C)n1-c1ccc(-c2ccccc2-c2nn[nH]n2)cc1. The highest BCUT2D eigenvalue weighted by molar-refractivity contribution is 5.80. The van der Waals surface area contributed by atoms with Crippen LogP contribution < -0.4 is 5.82 Å². The predicted octanol–water partition coefficient (Wildman–Crippen LogP) is 4.17. The lowest BCUT2D eigenvalue weighted by atomic mass is 9.98. The number of aromatic amines is 1. The molecule has 0 aliphatic rings. The molecule has 0 spiro atoms. The molecule has 0 saturated carbocycles. The van der Waals surface area contributed by atoms with E-state index in [0.717, 1.165) is 46.7 Å². The van der Waals surface area contributed by atoms with Gasteiger partial charge in [0, 0.05) is 17.7 Å². The molecule has 1 atom stereocenters. The van der Waals surface area contributed by atoms with E-state index in [9.17, 15) is 9.90 Å². The van der Waals surface area contributed by atoms with E-state index in [2.05, 4.69) is 27.5 Å². The van der Waals surface area contributed by atoms with E-state index in [1.165, 1.54) is 0 Å². The maximum atomic E-state index is 11.7. The Kier molecular flexibility index (Phi) is 6.34. The third-order valence-electron chi connectivity index (χ3n) is 6.21. The number of hydrogen-bond acceptors (Lipinski definition) is 8. The first-order valence-electron chi connectivity index (χ1n) is 11.8. The van der Waals surface area contributed by atoms with Crippen molar-refractivity contribution in [2.24, 2.45) is 0 Å². The number of nitrogens with zero attached hydrogens (tertiary/aromatic N) is 5. The lowest BCUT2D eigenvalue weighted by Gasteiger charge is -2.17. The Morgan fingerprint density at radius 1 is 1.08 bits per heavy atom. The fourth-order valence-corrected chi connectivity index (χ4v) is 4.64. The fourth-order valence-electron chi connectivity index (χ4n) is 4.64. The monoisotopic (exact) mass is 486 g/mol. The minimum absolute atomic E-state index is 0.235. The predicted molar refractivity (Wildman–Crippen MR) is 132 cm³/mol. The number of hydrogen-bond donors (Lipinski definition) is 2. The average Bonchev–Trinajstić information content (AvgIpc) is 3.63. The summed E-state index contributed by atoms with van der Waals surface area (Å²) < 4.78 is 12.5. The highest BCUT2D eigenvalue weighted by Crippen LogP contribution is 2.34. The standard InChI is InChI=1S/C26H26N6O4/c1-4-7-22-27-21(14-33)23(15(2)24-16(3)35-26(34)36-24)32(22)18-12-10-17(11-13-18)19-8-5-6-9-20(19)25-28-30-31-29-25/h5-6,8-13,15,33H,4,7,14H2,1-3H3,(H,28,29,30,31). The summed E-state index contributed by atoms with van der Waals surface area (Å²) in [6.45, 7) is 5.45. The molecule has 0 amide bonds. The molecule has 0 bridgehead atoms. The van der Waals surface area contributed by atoms with Gasteiger partial charge in [-0.1, -0.05) is 43.3 Å². The quantitative estimate of drug-likeness (QED) is 0.333. The summed E-state index contributed by atoms with van der Waals surface area (Å²) in [5.41, 5.74) is 5.02. The minimum atomic E-state index is -0.746. The number of aliphatic hydroxyl groups is 1. The van der Waals surface area contributed by atoms with E-state index in [0.29, 0.717) is 23.0 Å². The largest absolute Gasteiger partial charge is 0.519 e. The van der Waals surface area contributed by atoms with Gasteiger partial charge in [0.05, 0.1) is 23.9 Å². The van der Waals surface area contributed by atoms with Crippen molar-refractivity contribution in [3.8, 4) is 28.2 Å². The van der Waals surface area contributed by atoms with Crippen LogP contribution in [-0.2, 0) is 13.0 Å². The van der Waals surface area contributed by atoms with Crippen LogP contribution in [-0.4, -0.2) is 35.3 Å². The van der Waals surface area contributed by atoms with E-state index in [4.69, 9.17) is 13.8 Å². The van der Waals surface area contributed by atoms with E-state index in [1.807, 2.05) is 60.0 Å². The van der Waals surface area contributed by atoms with Gasteiger partial charge in [-0.25, -0.2) is 9.78 Å². The first-order chi connectivity index (χ1) is 17.5. The van der Waals surface area contributed by atoms with Gasteiger partial charge >= 0.3 is 5.82 Å². The summed E-state index contributed by atoms with van der Waals surface area (Å²) in [6.07, 6.45) is 1.60. The Morgan fingerprint density at radius 3 is 2.44 bits per heavy atom. The van der Waals surface area contributed by atoms with Gasteiger partial charge in [-0.2, -0.15) is 5.21 Å². The molecule has 0 aliphatic heterocycles. The second-order valence-electron chi connectivity index (χ2n) is 8.53. The van der Waals surface area contributed by atoms with Crippen LogP contribution in [0.4, 0.5) is 0 Å². The smallest absolute Gasteiger partial charge is 0.396 e. The number of H-pyrrole nitrogens is 1. The van der Waals surface area contributed by atoms with Crippen LogP contribution >= 0.6 is 0 Å². The molecule has 2 aromatic carbocycles. The highest BCUT2D eigenvalue weighted by atomic mass is 16.6. The molecule has 0 fully saturated rings. The third-order valence-corrected chi connectivity index (χ3v) is 6.21. The van der Waals surface area contributed by atoms with Crippen LogP contribution in [0.5, 0.6) is 0 Å². The second kappa shape index (κ2) is 9.74. The van der Waals surface area contributed by atoms with Crippen molar-refractivity contribution in [2.75, 3.05) is 0 Å². The first kappa shape index (κ1) is 23.4. The first-order valence-corrected chi connectivity index (χ1v) is 11.8. The zero-order valence-corrected chi connectivity index (χ0v) is 20.2. The van der Waals surface area contributed by atoms with Crippen LogP contribution in [0.2, 0.25) is 0 Å². The van der Waals surface area contributed by atoms with Crippen molar-refractivity contribution in [1.82, 2.24) is 30.2 Å². The number of benzene rings is 2. The van der Waals surface area contributed by atoms with Gasteiger partial charge < -0.3 is 13.9 Å². The van der Waals surface area contributed by atoms with Gasteiger partial charge in [0.15, 0.2) is 5.76 Å². The molecule has 0 radical (unpaired) electrons. The molecule has 3 heterocycles. The molecule has 36 heavy (non-hydrogen) atoms. The van der Waals surface area contributed by atoms with Gasteiger partial charge in [0.25, 0.3) is 0 Å². The molecule has 184 valence electrons. The molecule has 5 rings (SSSR count). The molecule has 5 aromatic rings. The highest BCUT2D eigenvalue weighted by Gasteiger charge is 2.28. The molecule has 0 aliphatic carbocycles. The maximum Gasteiger partial charge on any atom is 0.519 e. The molecule has 3 aromatic heterocycles. The number of aliphatic hydroxyl groups excluding tert-OH is 1. The Hall–Kier alpha value is -4.31. The summed E-state index contributed by atoms with van der Waals surface area (Å²) in [5, 5.41) is 24.6. The summed E-state index contributed by atoms with van der Waals surface area (Å²) in [6, 6.07) is 16.0. The average molecular weight is 487 g/mol. The Labute approximate surface area is 206 Å². The normalized spacial score (nSPS) is 12.2. The van der Waals surface area contributed by atoms with Crippen molar-refractivity contribution in [1.29, 1.82) is 0 Å². The van der Waals surface area contributed by atoms with Crippen LogP contribution in [0.25, 0.3) is 28.2 Å². The van der Waals surface area contributed by atoms with E-state index < -0.39 is 5.82 Å². The Morgan fingerprint density at radius 2 is 1.83 bits per heavy atom. The molecule has 2 N–H and O–H groups in total. The molecule has 10 nitrogen and oxygen atoms in total. The van der Waals surface area contributed by atoms with Crippen molar-refractivity contribution >= 4 is 0 Å². The van der Waals surface area contributed by atoms with Crippen LogP contribution in [0, 0.1) is 6.92 Å². The lowest BCUT2D eigenvalue weighted by molar-refractivity contribution is 0.275. The van der Waals surface area contributed by atoms with Gasteiger partial charge in [-0.15, -0.1) is 10.2 Å². The molecule has 1 unspecified atom stereocenters. The third kappa shape index (κ3) is 4.16. The number of aryl methyl sites for hydroxylation is 2. The topological polar surface area (TPSA) is 136 Å². The van der Waals surface area contributed by atoms with Gasteiger partial charge in [0.1, 0.15) is 11.6 Å². The molecular weight excluding hydrogens is 460 g/mol. The summed E-state index contributed by atoms with van der Waals surface area (Å²) in [7, 11) is 0.